The first-order valence-electron chi connectivity index (χ1n) is 8.86. The van der Waals surface area contributed by atoms with Gasteiger partial charge in [-0.3, -0.25) is 4.72 Å². The Morgan fingerprint density at radius 3 is 2.54 bits per heavy atom. The number of nitrogens with one attached hydrogen (secondary N) is 1. The van der Waals surface area contributed by atoms with Crippen molar-refractivity contribution in [1.82, 2.24) is 9.55 Å². The molecule has 6 nitrogen and oxygen atoms in total. The minimum Gasteiger partial charge on any atom is -0.495 e. The van der Waals surface area contributed by atoms with E-state index in [0.717, 1.165) is 39.8 Å². The molecule has 2 heterocycles. The predicted octanol–water partition coefficient (Wildman–Crippen LogP) is 4.08. The molecule has 0 fully saturated rings. The second-order valence-electron chi connectivity index (χ2n) is 6.72. The van der Waals surface area contributed by atoms with Gasteiger partial charge in [-0.05, 0) is 49.2 Å². The molecule has 0 saturated heterocycles. The summed E-state index contributed by atoms with van der Waals surface area (Å²) in [4.78, 5) is 4.75. The zero-order valence-corrected chi connectivity index (χ0v) is 17.5. The highest BCUT2D eigenvalue weighted by molar-refractivity contribution is 7.99. The maximum absolute atomic E-state index is 12.9. The highest BCUT2D eigenvalue weighted by Crippen LogP contribution is 2.31. The molecule has 1 aromatic heterocycles. The third-order valence-corrected chi connectivity index (χ3v) is 7.18. The number of rotatable bonds is 5. The first kappa shape index (κ1) is 18.9. The maximum atomic E-state index is 12.9. The average molecular weight is 416 g/mol. The van der Waals surface area contributed by atoms with E-state index in [1.807, 2.05) is 32.2 Å². The fourth-order valence-electron chi connectivity index (χ4n) is 3.10. The van der Waals surface area contributed by atoms with Gasteiger partial charge in [-0.25, -0.2) is 13.4 Å². The quantitative estimate of drug-likeness (QED) is 0.680. The van der Waals surface area contributed by atoms with Crippen LogP contribution in [-0.2, 0) is 16.6 Å². The molecule has 4 rings (SSSR count). The number of fused-ring (bicyclic) bond motifs is 1. The molecule has 0 unspecified atom stereocenters. The third-order valence-electron chi connectivity index (χ3n) is 4.81. The van der Waals surface area contributed by atoms with Gasteiger partial charge in [-0.1, -0.05) is 23.9 Å². The van der Waals surface area contributed by atoms with Crippen molar-refractivity contribution in [3.63, 3.8) is 0 Å². The number of benzene rings is 2. The Balaban J connectivity index is 1.59. The van der Waals surface area contributed by atoms with E-state index in [4.69, 9.17) is 4.74 Å². The number of hydrogen-bond donors (Lipinski definition) is 1. The van der Waals surface area contributed by atoms with Crippen LogP contribution in [-0.4, -0.2) is 30.8 Å². The van der Waals surface area contributed by atoms with Crippen molar-refractivity contribution in [2.24, 2.45) is 0 Å². The Morgan fingerprint density at radius 1 is 1.14 bits per heavy atom. The summed E-state index contributed by atoms with van der Waals surface area (Å²) in [5.74, 6) is 1.39. The summed E-state index contributed by atoms with van der Waals surface area (Å²) in [6.07, 6.45) is 2.04. The lowest BCUT2D eigenvalue weighted by atomic mass is 10.1. The number of aromatic nitrogens is 2. The summed E-state index contributed by atoms with van der Waals surface area (Å²) in [6.45, 7) is 4.77. The van der Waals surface area contributed by atoms with Gasteiger partial charge in [0.25, 0.3) is 10.0 Å². The molecule has 8 heteroatoms. The Kier molecular flexibility index (Phi) is 4.84. The fourth-order valence-corrected chi connectivity index (χ4v) is 5.34. The van der Waals surface area contributed by atoms with E-state index in [2.05, 4.69) is 14.3 Å². The molecule has 0 aliphatic carbocycles. The number of sulfonamides is 1. The molecule has 1 aliphatic heterocycles. The van der Waals surface area contributed by atoms with Crippen LogP contribution in [0, 0.1) is 13.8 Å². The second-order valence-corrected chi connectivity index (χ2v) is 9.43. The molecular formula is C20H21N3O3S2. The lowest BCUT2D eigenvalue weighted by Gasteiger charge is -2.14. The van der Waals surface area contributed by atoms with Gasteiger partial charge < -0.3 is 9.30 Å². The molecule has 0 radical (unpaired) electrons. The largest absolute Gasteiger partial charge is 0.495 e. The molecular weight excluding hydrogens is 394 g/mol. The third kappa shape index (κ3) is 3.49. The molecule has 28 heavy (non-hydrogen) atoms. The summed E-state index contributed by atoms with van der Waals surface area (Å²) < 4.78 is 35.8. The smallest absolute Gasteiger partial charge is 0.265 e. The summed E-state index contributed by atoms with van der Waals surface area (Å²) in [7, 11) is -2.30. The molecule has 146 valence electrons. The van der Waals surface area contributed by atoms with Crippen LogP contribution in [0.1, 0.15) is 11.1 Å². The van der Waals surface area contributed by atoms with Crippen molar-refractivity contribution < 1.29 is 13.2 Å². The Morgan fingerprint density at radius 2 is 1.86 bits per heavy atom. The van der Waals surface area contributed by atoms with Crippen LogP contribution in [0.2, 0.25) is 0 Å². The fraction of sp³-hybridized carbons (Fsp3) is 0.250. The monoisotopic (exact) mass is 415 g/mol. The van der Waals surface area contributed by atoms with Gasteiger partial charge in [0, 0.05) is 29.7 Å². The van der Waals surface area contributed by atoms with Crippen molar-refractivity contribution in [3.05, 3.63) is 53.7 Å². The van der Waals surface area contributed by atoms with Gasteiger partial charge >= 0.3 is 0 Å². The summed E-state index contributed by atoms with van der Waals surface area (Å²) in [5, 5.41) is 1.03. The van der Waals surface area contributed by atoms with Crippen molar-refractivity contribution in [1.29, 1.82) is 0 Å². The van der Waals surface area contributed by atoms with Gasteiger partial charge in [-0.2, -0.15) is 0 Å². The van der Waals surface area contributed by atoms with Crippen molar-refractivity contribution in [2.75, 3.05) is 17.6 Å². The normalized spacial score (nSPS) is 13.4. The lowest BCUT2D eigenvalue weighted by molar-refractivity contribution is 0.402. The first-order valence-corrected chi connectivity index (χ1v) is 11.3. The number of nitrogens with zero attached hydrogens (tertiary/aromatic N) is 2. The summed E-state index contributed by atoms with van der Waals surface area (Å²) >= 11 is 1.75. The number of thioether (sulfide) groups is 1. The van der Waals surface area contributed by atoms with E-state index < -0.39 is 10.0 Å². The molecule has 0 bridgehead atoms. The van der Waals surface area contributed by atoms with Crippen molar-refractivity contribution >= 4 is 27.5 Å². The Bertz CT molecular complexity index is 1110. The average Bonchev–Trinajstić information content (AvgIpc) is 3.26. The van der Waals surface area contributed by atoms with Gasteiger partial charge in [0.1, 0.15) is 10.6 Å². The van der Waals surface area contributed by atoms with Crippen LogP contribution >= 0.6 is 11.8 Å². The van der Waals surface area contributed by atoms with E-state index in [1.165, 1.54) is 7.11 Å². The van der Waals surface area contributed by atoms with E-state index in [0.29, 0.717) is 11.4 Å². The topological polar surface area (TPSA) is 73.2 Å². The zero-order chi connectivity index (χ0) is 19.9. The SMILES string of the molecule is COc1cc(C)c(C)cc1S(=O)(=O)Nc1ccc(-c2cn3c(n2)SCC3)cc1. The number of aryl methyl sites for hydroxylation is 3. The van der Waals surface area contributed by atoms with Crippen LogP contribution < -0.4 is 9.46 Å². The summed E-state index contributed by atoms with van der Waals surface area (Å²) in [6, 6.07) is 10.6. The highest BCUT2D eigenvalue weighted by atomic mass is 32.2. The molecule has 0 saturated carbocycles. The minimum atomic E-state index is -3.77. The number of methoxy groups -OCH3 is 1. The highest BCUT2D eigenvalue weighted by Gasteiger charge is 2.21. The number of hydrogen-bond acceptors (Lipinski definition) is 5. The van der Waals surface area contributed by atoms with Crippen LogP contribution in [0.25, 0.3) is 11.3 Å². The van der Waals surface area contributed by atoms with E-state index in [9.17, 15) is 8.42 Å². The summed E-state index contributed by atoms with van der Waals surface area (Å²) in [5.41, 5.74) is 4.21. The van der Waals surface area contributed by atoms with E-state index in [-0.39, 0.29) is 4.90 Å². The molecule has 3 aromatic rings. The number of anilines is 1. The molecule has 0 atom stereocenters. The Labute approximate surface area is 169 Å². The molecule has 0 amide bonds. The second kappa shape index (κ2) is 7.18. The van der Waals surface area contributed by atoms with E-state index in [1.54, 1.807) is 36.0 Å². The number of ether oxygens (including phenoxy) is 1. The molecule has 1 aliphatic rings. The van der Waals surface area contributed by atoms with Crippen LogP contribution in [0.5, 0.6) is 5.75 Å². The standard InChI is InChI=1S/C20H21N3O3S2/c1-13-10-18(26-3)19(11-14(13)2)28(24,25)22-16-6-4-15(5-7-16)17-12-23-8-9-27-20(23)21-17/h4-7,10-12,22H,8-9H2,1-3H3. The molecule has 1 N–H and O–H groups in total. The Hall–Kier alpha value is -2.45. The zero-order valence-electron chi connectivity index (χ0n) is 15.9. The minimum absolute atomic E-state index is 0.129. The van der Waals surface area contributed by atoms with Crippen LogP contribution in [0.4, 0.5) is 5.69 Å². The molecule has 0 spiro atoms. The van der Waals surface area contributed by atoms with Gasteiger partial charge in [0.05, 0.1) is 12.8 Å². The van der Waals surface area contributed by atoms with Crippen LogP contribution in [0.15, 0.2) is 52.6 Å². The lowest BCUT2D eigenvalue weighted by Crippen LogP contribution is -2.14. The predicted molar refractivity (Wildman–Crippen MR) is 112 cm³/mol. The van der Waals surface area contributed by atoms with E-state index >= 15 is 0 Å². The molecule has 2 aromatic carbocycles. The van der Waals surface area contributed by atoms with Gasteiger partial charge in [-0.15, -0.1) is 0 Å². The van der Waals surface area contributed by atoms with Crippen LogP contribution in [0.3, 0.4) is 0 Å². The van der Waals surface area contributed by atoms with Crippen molar-refractivity contribution in [2.45, 2.75) is 30.4 Å². The van der Waals surface area contributed by atoms with Crippen molar-refractivity contribution in [3.8, 4) is 17.0 Å². The first-order chi connectivity index (χ1) is 13.4. The number of imidazole rings is 1. The maximum Gasteiger partial charge on any atom is 0.265 e. The van der Waals surface area contributed by atoms with Gasteiger partial charge in [0.15, 0.2) is 5.16 Å². The van der Waals surface area contributed by atoms with Gasteiger partial charge in [0.2, 0.25) is 0 Å².